The lowest BCUT2D eigenvalue weighted by molar-refractivity contribution is -0.124. The average molecular weight is 297 g/mol. The Labute approximate surface area is 95.0 Å². The summed E-state index contributed by atoms with van der Waals surface area (Å²) in [4.78, 5) is 11.4. The van der Waals surface area contributed by atoms with Crippen molar-refractivity contribution in [3.05, 3.63) is 0 Å². The summed E-state index contributed by atoms with van der Waals surface area (Å²) in [6, 6.07) is 0. The number of unbranched alkanes of at least 4 members (excludes halogenated alkanes) is 1. The topological polar surface area (TPSA) is 29.1 Å². The Morgan fingerprint density at radius 3 is 2.69 bits per heavy atom. The first-order valence-electron chi connectivity index (χ1n) is 5.06. The molecule has 78 valence electrons. The molecule has 13 heavy (non-hydrogen) atoms. The zero-order valence-corrected chi connectivity index (χ0v) is 10.8. The highest BCUT2D eigenvalue weighted by atomic mass is 127. The summed E-state index contributed by atoms with van der Waals surface area (Å²) >= 11 is 2.36. The monoisotopic (exact) mass is 297 g/mol. The Hall–Kier alpha value is 0.200. The van der Waals surface area contributed by atoms with Gasteiger partial charge in [0.1, 0.15) is 0 Å². The van der Waals surface area contributed by atoms with Crippen LogP contribution in [0.3, 0.4) is 0 Å². The fourth-order valence-corrected chi connectivity index (χ4v) is 1.71. The highest BCUT2D eigenvalue weighted by Gasteiger charge is 2.09. The Morgan fingerprint density at radius 1 is 1.46 bits per heavy atom. The molecule has 1 N–H and O–H groups in total. The predicted octanol–water partition coefficient (Wildman–Crippen LogP) is 2.75. The summed E-state index contributed by atoms with van der Waals surface area (Å²) in [6.45, 7) is 4.95. The lowest BCUT2D eigenvalue weighted by Gasteiger charge is -2.10. The molecule has 0 bridgehead atoms. The van der Waals surface area contributed by atoms with Gasteiger partial charge in [-0.15, -0.1) is 0 Å². The van der Waals surface area contributed by atoms with Gasteiger partial charge in [0.2, 0.25) is 5.91 Å². The van der Waals surface area contributed by atoms with Crippen LogP contribution in [-0.4, -0.2) is 16.9 Å². The summed E-state index contributed by atoms with van der Waals surface area (Å²) in [5.41, 5.74) is 0. The van der Waals surface area contributed by atoms with Crippen LogP contribution in [0.25, 0.3) is 0 Å². The van der Waals surface area contributed by atoms with E-state index >= 15 is 0 Å². The van der Waals surface area contributed by atoms with Crippen LogP contribution in [0, 0.1) is 5.92 Å². The lowest BCUT2D eigenvalue weighted by atomic mass is 10.1. The normalized spacial score (nSPS) is 12.5. The van der Waals surface area contributed by atoms with Gasteiger partial charge in [-0.3, -0.25) is 4.79 Å². The molecule has 0 heterocycles. The van der Waals surface area contributed by atoms with Gasteiger partial charge < -0.3 is 5.32 Å². The van der Waals surface area contributed by atoms with Crippen molar-refractivity contribution in [3.63, 3.8) is 0 Å². The maximum absolute atomic E-state index is 11.4. The van der Waals surface area contributed by atoms with Crippen LogP contribution in [0.5, 0.6) is 0 Å². The largest absolute Gasteiger partial charge is 0.356 e. The number of rotatable bonds is 7. The molecule has 0 aromatic heterocycles. The van der Waals surface area contributed by atoms with E-state index in [0.29, 0.717) is 0 Å². The van der Waals surface area contributed by atoms with Crippen molar-refractivity contribution in [3.8, 4) is 0 Å². The van der Waals surface area contributed by atoms with E-state index in [1.54, 1.807) is 0 Å². The zero-order valence-electron chi connectivity index (χ0n) is 8.61. The van der Waals surface area contributed by atoms with Crippen molar-refractivity contribution >= 4 is 28.5 Å². The molecule has 0 aliphatic carbocycles. The number of hydrogen-bond acceptors (Lipinski definition) is 1. The molecule has 0 rings (SSSR count). The van der Waals surface area contributed by atoms with Gasteiger partial charge in [-0.2, -0.15) is 0 Å². The molecule has 1 atom stereocenters. The van der Waals surface area contributed by atoms with E-state index in [0.717, 1.165) is 25.8 Å². The molecule has 0 radical (unpaired) electrons. The third-order valence-corrected chi connectivity index (χ3v) is 2.79. The molecule has 1 amide bonds. The molecular formula is C10H20INO. The molecular weight excluding hydrogens is 277 g/mol. The van der Waals surface area contributed by atoms with E-state index in [2.05, 4.69) is 34.8 Å². The second-order valence-corrected chi connectivity index (χ2v) is 4.46. The minimum absolute atomic E-state index is 0.185. The van der Waals surface area contributed by atoms with E-state index in [-0.39, 0.29) is 11.8 Å². The number of carbonyl (C=O) groups excluding carboxylic acids is 1. The SMILES string of the molecule is CCCC(C)C(=O)NCCCCI. The van der Waals surface area contributed by atoms with Crippen LogP contribution in [-0.2, 0) is 4.79 Å². The third-order valence-electron chi connectivity index (χ3n) is 2.03. The van der Waals surface area contributed by atoms with Crippen LogP contribution in [0.15, 0.2) is 0 Å². The Balaban J connectivity index is 3.38. The smallest absolute Gasteiger partial charge is 0.222 e. The van der Waals surface area contributed by atoms with Gasteiger partial charge in [-0.1, -0.05) is 42.9 Å². The van der Waals surface area contributed by atoms with Crippen molar-refractivity contribution < 1.29 is 4.79 Å². The van der Waals surface area contributed by atoms with E-state index < -0.39 is 0 Å². The fourth-order valence-electron chi connectivity index (χ4n) is 1.17. The average Bonchev–Trinajstić information content (AvgIpc) is 2.12. The summed E-state index contributed by atoms with van der Waals surface area (Å²) in [5.74, 6) is 0.403. The quantitative estimate of drug-likeness (QED) is 0.437. The van der Waals surface area contributed by atoms with Crippen molar-refractivity contribution in [2.75, 3.05) is 11.0 Å². The Bertz CT molecular complexity index is 139. The summed E-state index contributed by atoms with van der Waals surface area (Å²) < 4.78 is 1.18. The third kappa shape index (κ3) is 7.28. The lowest BCUT2D eigenvalue weighted by Crippen LogP contribution is -2.29. The number of amides is 1. The van der Waals surface area contributed by atoms with Crippen molar-refractivity contribution in [1.82, 2.24) is 5.32 Å². The molecule has 2 nitrogen and oxygen atoms in total. The van der Waals surface area contributed by atoms with Crippen LogP contribution < -0.4 is 5.32 Å². The van der Waals surface area contributed by atoms with Crippen molar-refractivity contribution in [2.45, 2.75) is 39.5 Å². The molecule has 1 unspecified atom stereocenters. The van der Waals surface area contributed by atoms with E-state index in [4.69, 9.17) is 0 Å². The number of nitrogens with one attached hydrogen (secondary N) is 1. The van der Waals surface area contributed by atoms with E-state index in [9.17, 15) is 4.79 Å². The first-order valence-corrected chi connectivity index (χ1v) is 6.58. The highest BCUT2D eigenvalue weighted by molar-refractivity contribution is 14.1. The molecule has 0 aliphatic rings. The first-order chi connectivity index (χ1) is 6.22. The number of carbonyl (C=O) groups is 1. The molecule has 0 saturated heterocycles. The van der Waals surface area contributed by atoms with Gasteiger partial charge in [0.15, 0.2) is 0 Å². The minimum Gasteiger partial charge on any atom is -0.356 e. The predicted molar refractivity (Wildman–Crippen MR) is 65.2 cm³/mol. The number of alkyl halides is 1. The molecule has 0 saturated carbocycles. The van der Waals surface area contributed by atoms with Crippen molar-refractivity contribution in [1.29, 1.82) is 0 Å². The summed E-state index contributed by atoms with van der Waals surface area (Å²) in [6.07, 6.45) is 4.39. The molecule has 3 heteroatoms. The minimum atomic E-state index is 0.185. The highest BCUT2D eigenvalue weighted by Crippen LogP contribution is 2.04. The van der Waals surface area contributed by atoms with Gasteiger partial charge >= 0.3 is 0 Å². The maximum atomic E-state index is 11.4. The second kappa shape index (κ2) is 8.78. The molecule has 0 aliphatic heterocycles. The Kier molecular flexibility index (Phi) is 8.92. The van der Waals surface area contributed by atoms with E-state index in [1.165, 1.54) is 10.8 Å². The van der Waals surface area contributed by atoms with E-state index in [1.807, 2.05) is 6.92 Å². The van der Waals surface area contributed by atoms with Crippen LogP contribution >= 0.6 is 22.6 Å². The van der Waals surface area contributed by atoms with Crippen LogP contribution in [0.2, 0.25) is 0 Å². The maximum Gasteiger partial charge on any atom is 0.222 e. The fraction of sp³-hybridized carbons (Fsp3) is 0.900. The van der Waals surface area contributed by atoms with Gasteiger partial charge in [0, 0.05) is 12.5 Å². The standard InChI is InChI=1S/C10H20INO/c1-3-6-9(2)10(13)12-8-5-4-7-11/h9H,3-8H2,1-2H3,(H,12,13). The second-order valence-electron chi connectivity index (χ2n) is 3.38. The first kappa shape index (κ1) is 13.2. The summed E-state index contributed by atoms with van der Waals surface area (Å²) in [5, 5.41) is 2.96. The number of halogens is 1. The van der Waals surface area contributed by atoms with Gasteiger partial charge in [0.05, 0.1) is 0 Å². The number of hydrogen-bond donors (Lipinski definition) is 1. The molecule has 0 spiro atoms. The molecule has 0 fully saturated rings. The Morgan fingerprint density at radius 2 is 2.15 bits per heavy atom. The summed E-state index contributed by atoms with van der Waals surface area (Å²) in [7, 11) is 0. The van der Waals surface area contributed by atoms with Gasteiger partial charge in [-0.25, -0.2) is 0 Å². The zero-order chi connectivity index (χ0) is 10.1. The van der Waals surface area contributed by atoms with Crippen LogP contribution in [0.1, 0.15) is 39.5 Å². The molecule has 0 aromatic rings. The van der Waals surface area contributed by atoms with Crippen LogP contribution in [0.4, 0.5) is 0 Å². The van der Waals surface area contributed by atoms with Gasteiger partial charge in [-0.05, 0) is 23.7 Å². The van der Waals surface area contributed by atoms with Crippen molar-refractivity contribution in [2.24, 2.45) is 5.92 Å². The molecule has 0 aromatic carbocycles. The van der Waals surface area contributed by atoms with Gasteiger partial charge in [0.25, 0.3) is 0 Å².